The van der Waals surface area contributed by atoms with Crippen LogP contribution in [0.25, 0.3) is 11.1 Å². The molecule has 8 heteroatoms. The van der Waals surface area contributed by atoms with E-state index in [0.717, 1.165) is 27.4 Å². The van der Waals surface area contributed by atoms with Gasteiger partial charge in [-0.05, 0) is 31.2 Å². The SMILES string of the molecule is Cc1cc(CSc2ccccc2C(=O)NCCNc2nc3ccccc3o2)on1. The zero-order valence-corrected chi connectivity index (χ0v) is 16.7. The van der Waals surface area contributed by atoms with Crippen LogP contribution in [0.4, 0.5) is 6.01 Å². The van der Waals surface area contributed by atoms with E-state index in [2.05, 4.69) is 20.8 Å². The van der Waals surface area contributed by atoms with Crippen molar-refractivity contribution in [2.24, 2.45) is 0 Å². The third kappa shape index (κ3) is 4.78. The predicted molar refractivity (Wildman–Crippen MR) is 112 cm³/mol. The van der Waals surface area contributed by atoms with Crippen LogP contribution >= 0.6 is 11.8 Å². The number of nitrogens with one attached hydrogen (secondary N) is 2. The number of aromatic nitrogens is 2. The van der Waals surface area contributed by atoms with Crippen molar-refractivity contribution in [3.63, 3.8) is 0 Å². The predicted octanol–water partition coefficient (Wildman–Crippen LogP) is 4.26. The number of nitrogens with zero attached hydrogens (tertiary/aromatic N) is 2. The Bertz CT molecular complexity index is 1090. The Balaban J connectivity index is 1.30. The van der Waals surface area contributed by atoms with Crippen molar-refractivity contribution in [2.75, 3.05) is 18.4 Å². The van der Waals surface area contributed by atoms with Crippen LogP contribution in [-0.2, 0) is 5.75 Å². The number of para-hydroxylation sites is 2. The molecule has 0 unspecified atom stereocenters. The molecule has 29 heavy (non-hydrogen) atoms. The van der Waals surface area contributed by atoms with Gasteiger partial charge in [0, 0.05) is 24.1 Å². The molecule has 7 nitrogen and oxygen atoms in total. The third-order valence-electron chi connectivity index (χ3n) is 4.16. The van der Waals surface area contributed by atoms with Gasteiger partial charge in [0.1, 0.15) is 11.3 Å². The maximum Gasteiger partial charge on any atom is 0.295 e. The Kier molecular flexibility index (Phi) is 5.81. The molecule has 0 radical (unpaired) electrons. The topological polar surface area (TPSA) is 93.2 Å². The minimum absolute atomic E-state index is 0.124. The van der Waals surface area contributed by atoms with Crippen molar-refractivity contribution in [1.29, 1.82) is 0 Å². The van der Waals surface area contributed by atoms with Crippen molar-refractivity contribution in [1.82, 2.24) is 15.5 Å². The van der Waals surface area contributed by atoms with Crippen LogP contribution in [0.5, 0.6) is 0 Å². The summed E-state index contributed by atoms with van der Waals surface area (Å²) < 4.78 is 10.8. The van der Waals surface area contributed by atoms with Crippen LogP contribution in [0.1, 0.15) is 21.8 Å². The van der Waals surface area contributed by atoms with Gasteiger partial charge in [-0.3, -0.25) is 4.79 Å². The highest BCUT2D eigenvalue weighted by molar-refractivity contribution is 7.98. The van der Waals surface area contributed by atoms with Gasteiger partial charge in [-0.15, -0.1) is 11.8 Å². The molecule has 0 spiro atoms. The minimum Gasteiger partial charge on any atom is -0.424 e. The Labute approximate surface area is 171 Å². The Morgan fingerprint density at radius 2 is 1.93 bits per heavy atom. The minimum atomic E-state index is -0.124. The lowest BCUT2D eigenvalue weighted by atomic mass is 10.2. The molecule has 4 aromatic rings. The van der Waals surface area contributed by atoms with E-state index in [1.165, 1.54) is 0 Å². The number of hydrogen-bond donors (Lipinski definition) is 2. The molecule has 0 aliphatic carbocycles. The van der Waals surface area contributed by atoms with Crippen LogP contribution in [0, 0.1) is 6.92 Å². The number of carbonyl (C=O) groups excluding carboxylic acids is 1. The standard InChI is InChI=1S/C21H20N4O3S/c1-14-12-15(28-25-14)13-29-19-9-5-2-6-16(19)20(26)22-10-11-23-21-24-17-7-3-4-8-18(17)27-21/h2-9,12H,10-11,13H2,1H3,(H,22,26)(H,23,24). The summed E-state index contributed by atoms with van der Waals surface area (Å²) in [7, 11) is 0. The smallest absolute Gasteiger partial charge is 0.295 e. The number of amides is 1. The third-order valence-corrected chi connectivity index (χ3v) is 5.25. The van der Waals surface area contributed by atoms with Crippen molar-refractivity contribution in [3.8, 4) is 0 Å². The molecule has 2 aromatic carbocycles. The largest absolute Gasteiger partial charge is 0.424 e. The average Bonchev–Trinajstić information content (AvgIpc) is 3.35. The van der Waals surface area contributed by atoms with Crippen LogP contribution < -0.4 is 10.6 Å². The Morgan fingerprint density at radius 1 is 1.10 bits per heavy atom. The van der Waals surface area contributed by atoms with Gasteiger partial charge in [0.05, 0.1) is 17.0 Å². The van der Waals surface area contributed by atoms with Gasteiger partial charge in [-0.1, -0.05) is 29.4 Å². The van der Waals surface area contributed by atoms with Gasteiger partial charge in [-0.25, -0.2) is 0 Å². The Morgan fingerprint density at radius 3 is 2.76 bits per heavy atom. The van der Waals surface area contributed by atoms with Gasteiger partial charge in [0.15, 0.2) is 5.58 Å². The number of aryl methyl sites for hydroxylation is 1. The van der Waals surface area contributed by atoms with Crippen LogP contribution in [-0.4, -0.2) is 29.1 Å². The number of fused-ring (bicyclic) bond motifs is 1. The summed E-state index contributed by atoms with van der Waals surface area (Å²) in [5.74, 6) is 1.27. The molecule has 1 amide bonds. The van der Waals surface area contributed by atoms with Crippen LogP contribution in [0.15, 0.2) is 68.4 Å². The molecule has 2 N–H and O–H groups in total. The second-order valence-corrected chi connectivity index (χ2v) is 7.41. The van der Waals surface area contributed by atoms with E-state index >= 15 is 0 Å². The van der Waals surface area contributed by atoms with Crippen molar-refractivity contribution >= 4 is 34.8 Å². The van der Waals surface area contributed by atoms with E-state index in [1.54, 1.807) is 11.8 Å². The first-order valence-electron chi connectivity index (χ1n) is 9.21. The highest BCUT2D eigenvalue weighted by Gasteiger charge is 2.12. The Hall–Kier alpha value is -3.26. The number of oxazole rings is 1. The van der Waals surface area contributed by atoms with Crippen molar-refractivity contribution in [2.45, 2.75) is 17.6 Å². The zero-order valence-electron chi connectivity index (χ0n) is 15.8. The van der Waals surface area contributed by atoms with E-state index in [9.17, 15) is 4.79 Å². The fourth-order valence-electron chi connectivity index (χ4n) is 2.80. The summed E-state index contributed by atoms with van der Waals surface area (Å²) in [6, 6.07) is 17.4. The summed E-state index contributed by atoms with van der Waals surface area (Å²) in [6.45, 7) is 2.83. The fourth-order valence-corrected chi connectivity index (χ4v) is 3.73. The highest BCUT2D eigenvalue weighted by atomic mass is 32.2. The van der Waals surface area contributed by atoms with Crippen LogP contribution in [0.2, 0.25) is 0 Å². The normalized spacial score (nSPS) is 10.9. The maximum atomic E-state index is 12.6. The van der Waals surface area contributed by atoms with Crippen molar-refractivity contribution < 1.29 is 13.7 Å². The summed E-state index contributed by atoms with van der Waals surface area (Å²) in [6.07, 6.45) is 0. The van der Waals surface area contributed by atoms with Crippen molar-refractivity contribution in [3.05, 3.63) is 71.6 Å². The lowest BCUT2D eigenvalue weighted by Gasteiger charge is -2.09. The highest BCUT2D eigenvalue weighted by Crippen LogP contribution is 2.26. The number of rotatable bonds is 8. The first kappa shape index (κ1) is 19.1. The number of hydrogen-bond acceptors (Lipinski definition) is 7. The number of anilines is 1. The molecule has 0 saturated carbocycles. The molecule has 0 atom stereocenters. The molecule has 2 heterocycles. The molecule has 0 aliphatic rings. The zero-order chi connectivity index (χ0) is 20.1. The van der Waals surface area contributed by atoms with Gasteiger partial charge in [-0.2, -0.15) is 4.98 Å². The van der Waals surface area contributed by atoms with E-state index in [4.69, 9.17) is 8.94 Å². The van der Waals surface area contributed by atoms with Gasteiger partial charge >= 0.3 is 0 Å². The molecule has 0 fully saturated rings. The molecular weight excluding hydrogens is 388 g/mol. The number of carbonyl (C=O) groups is 1. The average molecular weight is 408 g/mol. The molecule has 0 bridgehead atoms. The van der Waals surface area contributed by atoms with E-state index in [1.807, 2.05) is 61.5 Å². The van der Waals surface area contributed by atoms with Crippen LogP contribution in [0.3, 0.4) is 0 Å². The molecule has 4 rings (SSSR count). The molecule has 0 aliphatic heterocycles. The summed E-state index contributed by atoms with van der Waals surface area (Å²) in [5.41, 5.74) is 3.01. The lowest BCUT2D eigenvalue weighted by molar-refractivity contribution is 0.0952. The molecule has 0 saturated heterocycles. The summed E-state index contributed by atoms with van der Waals surface area (Å²) in [5, 5.41) is 9.90. The fraction of sp³-hybridized carbons (Fsp3) is 0.190. The molecule has 2 aromatic heterocycles. The monoisotopic (exact) mass is 408 g/mol. The lowest BCUT2D eigenvalue weighted by Crippen LogP contribution is -2.29. The summed E-state index contributed by atoms with van der Waals surface area (Å²) >= 11 is 1.55. The summed E-state index contributed by atoms with van der Waals surface area (Å²) in [4.78, 5) is 17.8. The van der Waals surface area contributed by atoms with Gasteiger partial charge in [0.25, 0.3) is 11.9 Å². The van der Waals surface area contributed by atoms with Gasteiger partial charge < -0.3 is 19.6 Å². The quantitative estimate of drug-likeness (QED) is 0.332. The molecule has 148 valence electrons. The number of thioether (sulfide) groups is 1. The van der Waals surface area contributed by atoms with E-state index < -0.39 is 0 Å². The first-order valence-corrected chi connectivity index (χ1v) is 10.2. The second-order valence-electron chi connectivity index (χ2n) is 6.39. The van der Waals surface area contributed by atoms with E-state index in [-0.39, 0.29) is 5.91 Å². The molecular formula is C21H20N4O3S. The maximum absolute atomic E-state index is 12.6. The van der Waals surface area contributed by atoms with E-state index in [0.29, 0.717) is 30.4 Å². The number of benzene rings is 2. The first-order chi connectivity index (χ1) is 14.2. The van der Waals surface area contributed by atoms with Gasteiger partial charge in [0.2, 0.25) is 0 Å². The second kappa shape index (κ2) is 8.83.